The minimum atomic E-state index is -0.184. The highest BCUT2D eigenvalue weighted by Gasteiger charge is 2.26. The van der Waals surface area contributed by atoms with Crippen LogP contribution in [0.2, 0.25) is 0 Å². The quantitative estimate of drug-likeness (QED) is 0.848. The average molecular weight is 286 g/mol. The molecule has 0 spiro atoms. The zero-order valence-electron chi connectivity index (χ0n) is 12.3. The Labute approximate surface area is 124 Å². The van der Waals surface area contributed by atoms with Crippen molar-refractivity contribution in [2.45, 2.75) is 13.0 Å². The number of piperazine rings is 1. The van der Waals surface area contributed by atoms with E-state index in [9.17, 15) is 4.39 Å². The van der Waals surface area contributed by atoms with Crippen LogP contribution in [0.25, 0.3) is 0 Å². The Kier molecular flexibility index (Phi) is 3.84. The van der Waals surface area contributed by atoms with Crippen molar-refractivity contribution in [2.75, 3.05) is 31.6 Å². The van der Waals surface area contributed by atoms with Gasteiger partial charge in [-0.3, -0.25) is 4.90 Å². The van der Waals surface area contributed by atoms with E-state index in [4.69, 9.17) is 0 Å². The van der Waals surface area contributed by atoms with Gasteiger partial charge in [0.05, 0.1) is 24.1 Å². The SMILES string of the molecule is Cc1ncc(N2CCN(C)C(c3cccc(F)c3)C2)cn1. The molecule has 1 fully saturated rings. The molecule has 1 unspecified atom stereocenters. The van der Waals surface area contributed by atoms with Gasteiger partial charge in [0, 0.05) is 19.6 Å². The third-order valence-electron chi connectivity index (χ3n) is 4.01. The number of benzene rings is 1. The monoisotopic (exact) mass is 286 g/mol. The van der Waals surface area contributed by atoms with E-state index in [2.05, 4.69) is 26.8 Å². The summed E-state index contributed by atoms with van der Waals surface area (Å²) in [5.41, 5.74) is 2.03. The molecule has 1 aromatic carbocycles. The number of nitrogens with zero attached hydrogens (tertiary/aromatic N) is 4. The number of aryl methyl sites for hydroxylation is 1. The molecule has 0 saturated carbocycles. The van der Waals surface area contributed by atoms with E-state index < -0.39 is 0 Å². The van der Waals surface area contributed by atoms with Crippen molar-refractivity contribution in [3.8, 4) is 0 Å². The van der Waals surface area contributed by atoms with Crippen LogP contribution in [0.5, 0.6) is 0 Å². The van der Waals surface area contributed by atoms with Crippen LogP contribution in [0.1, 0.15) is 17.4 Å². The molecule has 1 aliphatic heterocycles. The van der Waals surface area contributed by atoms with Gasteiger partial charge in [0.15, 0.2) is 0 Å². The molecule has 2 aromatic rings. The Balaban J connectivity index is 1.83. The third-order valence-corrected chi connectivity index (χ3v) is 4.01. The van der Waals surface area contributed by atoms with Crippen molar-refractivity contribution in [3.05, 3.63) is 53.9 Å². The molecule has 5 heteroatoms. The van der Waals surface area contributed by atoms with Crippen molar-refractivity contribution < 1.29 is 4.39 Å². The zero-order chi connectivity index (χ0) is 14.8. The minimum absolute atomic E-state index is 0.177. The molecule has 1 saturated heterocycles. The number of rotatable bonds is 2. The van der Waals surface area contributed by atoms with Crippen LogP contribution in [0, 0.1) is 12.7 Å². The molecule has 1 aromatic heterocycles. The molecular weight excluding hydrogens is 267 g/mol. The Morgan fingerprint density at radius 3 is 2.67 bits per heavy atom. The lowest BCUT2D eigenvalue weighted by Crippen LogP contribution is -2.46. The molecule has 110 valence electrons. The summed E-state index contributed by atoms with van der Waals surface area (Å²) < 4.78 is 13.5. The highest BCUT2D eigenvalue weighted by molar-refractivity contribution is 5.43. The van der Waals surface area contributed by atoms with Gasteiger partial charge in [-0.1, -0.05) is 12.1 Å². The van der Waals surface area contributed by atoms with Gasteiger partial charge >= 0.3 is 0 Å². The first-order chi connectivity index (χ1) is 10.1. The fraction of sp³-hybridized carbons (Fsp3) is 0.375. The molecule has 0 bridgehead atoms. The van der Waals surface area contributed by atoms with E-state index >= 15 is 0 Å². The van der Waals surface area contributed by atoms with Crippen LogP contribution >= 0.6 is 0 Å². The molecule has 4 nitrogen and oxygen atoms in total. The smallest absolute Gasteiger partial charge is 0.125 e. The van der Waals surface area contributed by atoms with Gasteiger partial charge in [0.1, 0.15) is 11.6 Å². The Bertz CT molecular complexity index is 614. The topological polar surface area (TPSA) is 32.3 Å². The molecule has 0 amide bonds. The second-order valence-corrected chi connectivity index (χ2v) is 5.49. The maximum atomic E-state index is 13.5. The van der Waals surface area contributed by atoms with Gasteiger partial charge in [0.25, 0.3) is 0 Å². The molecule has 2 heterocycles. The van der Waals surface area contributed by atoms with E-state index in [1.54, 1.807) is 12.1 Å². The molecular formula is C16H19FN4. The standard InChI is InChI=1S/C16H19FN4/c1-12-18-9-15(10-19-12)21-7-6-20(2)16(11-21)13-4-3-5-14(17)8-13/h3-5,8-10,16H,6-7,11H2,1-2H3. The summed E-state index contributed by atoms with van der Waals surface area (Å²) in [4.78, 5) is 13.0. The van der Waals surface area contributed by atoms with Crippen LogP contribution in [0.4, 0.5) is 10.1 Å². The summed E-state index contributed by atoms with van der Waals surface area (Å²) in [7, 11) is 2.08. The van der Waals surface area contributed by atoms with Crippen LogP contribution in [-0.4, -0.2) is 41.5 Å². The van der Waals surface area contributed by atoms with Crippen molar-refractivity contribution in [3.63, 3.8) is 0 Å². The lowest BCUT2D eigenvalue weighted by atomic mass is 10.0. The predicted octanol–water partition coefficient (Wildman–Crippen LogP) is 2.42. The van der Waals surface area contributed by atoms with Gasteiger partial charge in [-0.2, -0.15) is 0 Å². The average Bonchev–Trinajstić information content (AvgIpc) is 2.49. The molecule has 1 atom stereocenters. The number of likely N-dealkylation sites (N-methyl/N-ethyl adjacent to an activating group) is 1. The highest BCUT2D eigenvalue weighted by Crippen LogP contribution is 2.27. The number of hydrogen-bond acceptors (Lipinski definition) is 4. The summed E-state index contributed by atoms with van der Waals surface area (Å²) in [5, 5.41) is 0. The fourth-order valence-corrected chi connectivity index (χ4v) is 2.73. The minimum Gasteiger partial charge on any atom is -0.366 e. The van der Waals surface area contributed by atoms with Gasteiger partial charge in [0.2, 0.25) is 0 Å². The van der Waals surface area contributed by atoms with E-state index in [0.717, 1.165) is 36.7 Å². The number of anilines is 1. The van der Waals surface area contributed by atoms with Crippen LogP contribution in [-0.2, 0) is 0 Å². The van der Waals surface area contributed by atoms with Crippen molar-refractivity contribution >= 4 is 5.69 Å². The fourth-order valence-electron chi connectivity index (χ4n) is 2.73. The van der Waals surface area contributed by atoms with Crippen LogP contribution < -0.4 is 4.90 Å². The van der Waals surface area contributed by atoms with Crippen LogP contribution in [0.15, 0.2) is 36.7 Å². The van der Waals surface area contributed by atoms with Gasteiger partial charge in [-0.05, 0) is 31.7 Å². The molecule has 0 aliphatic carbocycles. The number of aromatic nitrogens is 2. The van der Waals surface area contributed by atoms with Crippen LogP contribution in [0.3, 0.4) is 0 Å². The number of hydrogen-bond donors (Lipinski definition) is 0. The van der Waals surface area contributed by atoms with E-state index in [1.165, 1.54) is 6.07 Å². The number of halogens is 1. The van der Waals surface area contributed by atoms with Gasteiger partial charge < -0.3 is 4.90 Å². The Morgan fingerprint density at radius 2 is 1.95 bits per heavy atom. The first kappa shape index (κ1) is 13.9. The Hall–Kier alpha value is -2.01. The predicted molar refractivity (Wildman–Crippen MR) is 80.8 cm³/mol. The Morgan fingerprint density at radius 1 is 1.19 bits per heavy atom. The van der Waals surface area contributed by atoms with Gasteiger partial charge in [-0.15, -0.1) is 0 Å². The van der Waals surface area contributed by atoms with E-state index in [0.29, 0.717) is 0 Å². The maximum Gasteiger partial charge on any atom is 0.125 e. The molecule has 3 rings (SSSR count). The first-order valence-electron chi connectivity index (χ1n) is 7.13. The first-order valence-corrected chi connectivity index (χ1v) is 7.13. The maximum absolute atomic E-state index is 13.5. The molecule has 1 aliphatic rings. The highest BCUT2D eigenvalue weighted by atomic mass is 19.1. The van der Waals surface area contributed by atoms with Gasteiger partial charge in [-0.25, -0.2) is 14.4 Å². The summed E-state index contributed by atoms with van der Waals surface area (Å²) in [6, 6.07) is 7.04. The van der Waals surface area contributed by atoms with Crippen molar-refractivity contribution in [1.82, 2.24) is 14.9 Å². The molecule has 0 radical (unpaired) electrons. The second kappa shape index (κ2) is 5.77. The second-order valence-electron chi connectivity index (χ2n) is 5.49. The van der Waals surface area contributed by atoms with E-state index in [-0.39, 0.29) is 11.9 Å². The third kappa shape index (κ3) is 3.03. The molecule has 0 N–H and O–H groups in total. The normalized spacial score (nSPS) is 19.8. The lowest BCUT2D eigenvalue weighted by Gasteiger charge is -2.40. The zero-order valence-corrected chi connectivity index (χ0v) is 12.3. The van der Waals surface area contributed by atoms with Crippen molar-refractivity contribution in [1.29, 1.82) is 0 Å². The summed E-state index contributed by atoms with van der Waals surface area (Å²) in [6.45, 7) is 4.54. The lowest BCUT2D eigenvalue weighted by molar-refractivity contribution is 0.220. The summed E-state index contributed by atoms with van der Waals surface area (Å²) >= 11 is 0. The van der Waals surface area contributed by atoms with E-state index in [1.807, 2.05) is 25.4 Å². The molecule has 21 heavy (non-hydrogen) atoms. The largest absolute Gasteiger partial charge is 0.366 e. The summed E-state index contributed by atoms with van der Waals surface area (Å²) in [5.74, 6) is 0.589. The van der Waals surface area contributed by atoms with Crippen molar-refractivity contribution in [2.24, 2.45) is 0 Å². The summed E-state index contributed by atoms with van der Waals surface area (Å²) in [6.07, 6.45) is 3.71.